The van der Waals surface area contributed by atoms with Gasteiger partial charge in [-0.2, -0.15) is 0 Å². The summed E-state index contributed by atoms with van der Waals surface area (Å²) in [5, 5.41) is 22.0. The quantitative estimate of drug-likeness (QED) is 0.479. The van der Waals surface area contributed by atoms with E-state index in [0.29, 0.717) is 11.6 Å². The van der Waals surface area contributed by atoms with E-state index in [-0.39, 0.29) is 24.1 Å². The van der Waals surface area contributed by atoms with Crippen LogP contribution < -0.4 is 10.1 Å². The van der Waals surface area contributed by atoms with Gasteiger partial charge in [0.15, 0.2) is 0 Å². The van der Waals surface area contributed by atoms with E-state index in [2.05, 4.69) is 20.5 Å². The second-order valence-corrected chi connectivity index (χ2v) is 5.79. The van der Waals surface area contributed by atoms with Crippen LogP contribution in [0, 0.1) is 10.1 Å². The SMILES string of the molecule is COc1nn(CC(=O)Nc2ncn(Cc3ccccc3Cl)n2)cc1[N+](=O)[O-]. The summed E-state index contributed by atoms with van der Waals surface area (Å²) in [6.07, 6.45) is 2.57. The molecule has 12 heteroatoms. The Morgan fingerprint density at radius 2 is 2.11 bits per heavy atom. The van der Waals surface area contributed by atoms with Crippen molar-refractivity contribution in [2.24, 2.45) is 0 Å². The number of nitro groups is 1. The minimum atomic E-state index is -0.641. The van der Waals surface area contributed by atoms with E-state index in [1.807, 2.05) is 18.2 Å². The topological polar surface area (TPSA) is 130 Å². The second kappa shape index (κ2) is 7.83. The first kappa shape index (κ1) is 18.3. The van der Waals surface area contributed by atoms with Gasteiger partial charge < -0.3 is 4.74 Å². The summed E-state index contributed by atoms with van der Waals surface area (Å²) in [5.74, 6) is -0.568. The highest BCUT2D eigenvalue weighted by molar-refractivity contribution is 6.31. The van der Waals surface area contributed by atoms with E-state index in [1.165, 1.54) is 18.1 Å². The third-order valence-electron chi connectivity index (χ3n) is 3.48. The number of hydrogen-bond donors (Lipinski definition) is 1. The summed E-state index contributed by atoms with van der Waals surface area (Å²) in [5.41, 5.74) is 0.533. The minimum Gasteiger partial charge on any atom is -0.475 e. The van der Waals surface area contributed by atoms with Crippen molar-refractivity contribution in [2.45, 2.75) is 13.1 Å². The maximum atomic E-state index is 12.1. The van der Waals surface area contributed by atoms with Gasteiger partial charge in [-0.3, -0.25) is 24.9 Å². The van der Waals surface area contributed by atoms with E-state index >= 15 is 0 Å². The van der Waals surface area contributed by atoms with Crippen LogP contribution in [0.5, 0.6) is 5.88 Å². The Bertz CT molecular complexity index is 984. The molecule has 0 spiro atoms. The number of nitrogens with zero attached hydrogens (tertiary/aromatic N) is 6. The minimum absolute atomic E-state index is 0.0978. The molecule has 1 aromatic carbocycles. The molecule has 1 amide bonds. The zero-order valence-corrected chi connectivity index (χ0v) is 14.8. The number of nitrogens with one attached hydrogen (secondary N) is 1. The molecule has 0 aliphatic carbocycles. The van der Waals surface area contributed by atoms with Gasteiger partial charge in [-0.15, -0.1) is 10.2 Å². The average Bonchev–Trinajstić information content (AvgIpc) is 3.23. The van der Waals surface area contributed by atoms with E-state index in [0.717, 1.165) is 16.4 Å². The lowest BCUT2D eigenvalue weighted by atomic mass is 10.2. The summed E-state index contributed by atoms with van der Waals surface area (Å²) >= 11 is 6.11. The molecule has 27 heavy (non-hydrogen) atoms. The lowest BCUT2D eigenvalue weighted by Crippen LogP contribution is -2.20. The van der Waals surface area contributed by atoms with Gasteiger partial charge in [-0.05, 0) is 11.6 Å². The van der Waals surface area contributed by atoms with E-state index < -0.39 is 10.8 Å². The van der Waals surface area contributed by atoms with Gasteiger partial charge in [0, 0.05) is 5.02 Å². The van der Waals surface area contributed by atoms with Gasteiger partial charge in [-0.25, -0.2) is 9.67 Å². The highest BCUT2D eigenvalue weighted by Crippen LogP contribution is 2.23. The molecule has 2 heterocycles. The number of hydrogen-bond acceptors (Lipinski definition) is 7. The Morgan fingerprint density at radius 3 is 2.78 bits per heavy atom. The van der Waals surface area contributed by atoms with Crippen LogP contribution in [-0.2, 0) is 17.9 Å². The highest BCUT2D eigenvalue weighted by atomic mass is 35.5. The Labute approximate surface area is 157 Å². The van der Waals surface area contributed by atoms with Crippen LogP contribution in [0.3, 0.4) is 0 Å². The normalized spacial score (nSPS) is 10.6. The van der Waals surface area contributed by atoms with Gasteiger partial charge in [-0.1, -0.05) is 29.8 Å². The van der Waals surface area contributed by atoms with Crippen molar-refractivity contribution in [1.82, 2.24) is 24.5 Å². The molecule has 1 N–H and O–H groups in total. The van der Waals surface area contributed by atoms with Crippen molar-refractivity contribution in [2.75, 3.05) is 12.4 Å². The molecule has 3 aromatic rings. The molecule has 140 valence electrons. The molecular formula is C15H14ClN7O4. The lowest BCUT2D eigenvalue weighted by Gasteiger charge is -2.03. The Balaban J connectivity index is 1.63. The van der Waals surface area contributed by atoms with Crippen molar-refractivity contribution >= 4 is 29.1 Å². The van der Waals surface area contributed by atoms with Gasteiger partial charge >= 0.3 is 11.6 Å². The molecule has 0 bridgehead atoms. The van der Waals surface area contributed by atoms with Crippen molar-refractivity contribution in [3.05, 3.63) is 57.5 Å². The molecule has 3 rings (SSSR count). The summed E-state index contributed by atoms with van der Waals surface area (Å²) < 4.78 is 7.44. The summed E-state index contributed by atoms with van der Waals surface area (Å²) in [7, 11) is 1.26. The number of carbonyl (C=O) groups is 1. The number of amides is 1. The monoisotopic (exact) mass is 391 g/mol. The molecule has 0 fully saturated rings. The molecule has 0 unspecified atom stereocenters. The van der Waals surface area contributed by atoms with Crippen LogP contribution in [0.1, 0.15) is 5.56 Å². The number of ether oxygens (including phenoxy) is 1. The average molecular weight is 392 g/mol. The number of halogens is 1. The third kappa shape index (κ3) is 4.39. The molecule has 0 aliphatic rings. The van der Waals surface area contributed by atoms with E-state index in [9.17, 15) is 14.9 Å². The van der Waals surface area contributed by atoms with Crippen LogP contribution in [0.4, 0.5) is 11.6 Å². The zero-order chi connectivity index (χ0) is 19.4. The van der Waals surface area contributed by atoms with Crippen LogP contribution in [0.2, 0.25) is 5.02 Å². The third-order valence-corrected chi connectivity index (χ3v) is 3.85. The standard InChI is InChI=1S/C15H14ClN7O4/c1-27-14-12(23(25)26)7-21(19-14)8-13(24)18-15-17-9-22(20-15)6-10-4-2-3-5-11(10)16/h2-5,7,9H,6,8H2,1H3,(H,18,20,24). The predicted molar refractivity (Wildman–Crippen MR) is 94.6 cm³/mol. The van der Waals surface area contributed by atoms with Crippen molar-refractivity contribution in [1.29, 1.82) is 0 Å². The molecule has 0 saturated carbocycles. The lowest BCUT2D eigenvalue weighted by molar-refractivity contribution is -0.385. The first-order valence-corrected chi connectivity index (χ1v) is 8.02. The van der Waals surface area contributed by atoms with E-state index in [1.54, 1.807) is 6.07 Å². The Hall–Kier alpha value is -3.47. The van der Waals surface area contributed by atoms with Crippen LogP contribution in [0.15, 0.2) is 36.8 Å². The molecule has 0 radical (unpaired) electrons. The summed E-state index contributed by atoms with van der Waals surface area (Å²) in [4.78, 5) is 26.3. The molecule has 0 saturated heterocycles. The van der Waals surface area contributed by atoms with E-state index in [4.69, 9.17) is 16.3 Å². The summed E-state index contributed by atoms with van der Waals surface area (Å²) in [6.45, 7) is 0.133. The number of aromatic nitrogens is 5. The second-order valence-electron chi connectivity index (χ2n) is 5.38. The van der Waals surface area contributed by atoms with Crippen LogP contribution in [0.25, 0.3) is 0 Å². The van der Waals surface area contributed by atoms with Crippen molar-refractivity contribution < 1.29 is 14.5 Å². The predicted octanol–water partition coefficient (Wildman–Crippen LogP) is 1.73. The molecule has 0 aliphatic heterocycles. The van der Waals surface area contributed by atoms with Gasteiger partial charge in [0.05, 0.1) is 18.6 Å². The van der Waals surface area contributed by atoms with Gasteiger partial charge in [0.1, 0.15) is 19.1 Å². The fourth-order valence-corrected chi connectivity index (χ4v) is 2.48. The number of anilines is 1. The molecular weight excluding hydrogens is 378 g/mol. The Morgan fingerprint density at radius 1 is 1.33 bits per heavy atom. The Kier molecular flexibility index (Phi) is 5.31. The smallest absolute Gasteiger partial charge is 0.350 e. The maximum absolute atomic E-state index is 12.1. The molecule has 0 atom stereocenters. The van der Waals surface area contributed by atoms with Gasteiger partial charge in [0.25, 0.3) is 0 Å². The fraction of sp³-hybridized carbons (Fsp3) is 0.200. The van der Waals surface area contributed by atoms with Crippen molar-refractivity contribution in [3.8, 4) is 5.88 Å². The molecule has 2 aromatic heterocycles. The van der Waals surface area contributed by atoms with Crippen LogP contribution >= 0.6 is 11.6 Å². The first-order chi connectivity index (χ1) is 13.0. The van der Waals surface area contributed by atoms with Crippen LogP contribution in [-0.4, -0.2) is 42.5 Å². The number of carbonyl (C=O) groups excluding carboxylic acids is 1. The largest absolute Gasteiger partial charge is 0.475 e. The number of benzene rings is 1. The number of rotatable bonds is 7. The first-order valence-electron chi connectivity index (χ1n) is 7.65. The maximum Gasteiger partial charge on any atom is 0.350 e. The highest BCUT2D eigenvalue weighted by Gasteiger charge is 2.21. The number of methoxy groups -OCH3 is 1. The van der Waals surface area contributed by atoms with Crippen molar-refractivity contribution in [3.63, 3.8) is 0 Å². The van der Waals surface area contributed by atoms with Gasteiger partial charge in [0.2, 0.25) is 11.9 Å². The molecule has 11 nitrogen and oxygen atoms in total. The fourth-order valence-electron chi connectivity index (χ4n) is 2.29. The zero-order valence-electron chi connectivity index (χ0n) is 14.1. The summed E-state index contributed by atoms with van der Waals surface area (Å²) in [6, 6.07) is 7.32.